The summed E-state index contributed by atoms with van der Waals surface area (Å²) < 4.78 is 12.7. The number of aliphatic imine (C=N–C) groups is 1. The van der Waals surface area contributed by atoms with Crippen molar-refractivity contribution in [1.29, 1.82) is 0 Å². The van der Waals surface area contributed by atoms with Gasteiger partial charge in [-0.05, 0) is 42.9 Å². The molecule has 0 unspecified atom stereocenters. The topological polar surface area (TPSA) is 36.4 Å². The average molecular weight is 249 g/mol. The van der Waals surface area contributed by atoms with Gasteiger partial charge in [-0.15, -0.1) is 0 Å². The highest BCUT2D eigenvalue weighted by atomic mass is 19.1. The van der Waals surface area contributed by atoms with Gasteiger partial charge in [0.25, 0.3) is 0 Å². The zero-order valence-corrected chi connectivity index (χ0v) is 10.7. The largest absolute Gasteiger partial charge is 0.356 e. The van der Waals surface area contributed by atoms with Crippen molar-refractivity contribution < 1.29 is 4.39 Å². The molecule has 1 aromatic carbocycles. The van der Waals surface area contributed by atoms with Crippen molar-refractivity contribution in [3.8, 4) is 0 Å². The lowest BCUT2D eigenvalue weighted by atomic mass is 10.1. The molecule has 0 bridgehead atoms. The van der Waals surface area contributed by atoms with E-state index in [-0.39, 0.29) is 5.82 Å². The Kier molecular flexibility index (Phi) is 4.56. The molecule has 1 aliphatic carbocycles. The fraction of sp³-hybridized carbons (Fsp3) is 0.500. The van der Waals surface area contributed by atoms with Crippen LogP contribution in [0, 0.1) is 11.7 Å². The summed E-state index contributed by atoms with van der Waals surface area (Å²) in [6, 6.07) is 6.62. The summed E-state index contributed by atoms with van der Waals surface area (Å²) in [5.41, 5.74) is 1.13. The van der Waals surface area contributed by atoms with E-state index >= 15 is 0 Å². The van der Waals surface area contributed by atoms with Gasteiger partial charge in [-0.1, -0.05) is 12.1 Å². The number of nitrogens with one attached hydrogen (secondary N) is 2. The molecule has 1 saturated carbocycles. The van der Waals surface area contributed by atoms with Crippen LogP contribution < -0.4 is 10.6 Å². The Bertz CT molecular complexity index is 396. The van der Waals surface area contributed by atoms with Gasteiger partial charge >= 0.3 is 0 Å². The standard InChI is InChI=1S/C14H20FN3/c1-16-14(18-10-12-2-3-12)17-9-8-11-4-6-13(15)7-5-11/h4-7,12H,2-3,8-10H2,1H3,(H2,16,17,18). The number of nitrogens with zero attached hydrogens (tertiary/aromatic N) is 1. The van der Waals surface area contributed by atoms with Crippen LogP contribution in [0.25, 0.3) is 0 Å². The quantitative estimate of drug-likeness (QED) is 0.618. The maximum atomic E-state index is 12.7. The van der Waals surface area contributed by atoms with Gasteiger partial charge in [-0.25, -0.2) is 4.39 Å². The minimum absolute atomic E-state index is 0.186. The predicted molar refractivity (Wildman–Crippen MR) is 72.2 cm³/mol. The molecule has 98 valence electrons. The van der Waals surface area contributed by atoms with E-state index in [0.717, 1.165) is 37.0 Å². The summed E-state index contributed by atoms with van der Waals surface area (Å²) in [6.45, 7) is 1.81. The van der Waals surface area contributed by atoms with E-state index in [9.17, 15) is 4.39 Å². The van der Waals surface area contributed by atoms with Gasteiger partial charge in [0.05, 0.1) is 0 Å². The zero-order chi connectivity index (χ0) is 12.8. The molecular formula is C14H20FN3. The van der Waals surface area contributed by atoms with Gasteiger partial charge < -0.3 is 10.6 Å². The van der Waals surface area contributed by atoms with Crippen molar-refractivity contribution in [2.75, 3.05) is 20.1 Å². The van der Waals surface area contributed by atoms with E-state index < -0.39 is 0 Å². The second kappa shape index (κ2) is 6.38. The lowest BCUT2D eigenvalue weighted by Gasteiger charge is -2.11. The molecule has 1 aliphatic rings. The number of rotatable bonds is 5. The summed E-state index contributed by atoms with van der Waals surface area (Å²) in [6.07, 6.45) is 3.53. The molecule has 0 aromatic heterocycles. The van der Waals surface area contributed by atoms with Crippen LogP contribution in [-0.4, -0.2) is 26.1 Å². The zero-order valence-electron chi connectivity index (χ0n) is 10.7. The monoisotopic (exact) mass is 249 g/mol. The van der Waals surface area contributed by atoms with Crippen LogP contribution in [0.3, 0.4) is 0 Å². The first kappa shape index (κ1) is 12.9. The van der Waals surface area contributed by atoms with Crippen LogP contribution in [0.2, 0.25) is 0 Å². The van der Waals surface area contributed by atoms with Crippen LogP contribution in [0.1, 0.15) is 18.4 Å². The van der Waals surface area contributed by atoms with E-state index in [4.69, 9.17) is 0 Å². The van der Waals surface area contributed by atoms with E-state index in [0.29, 0.717) is 0 Å². The lowest BCUT2D eigenvalue weighted by molar-refractivity contribution is 0.626. The van der Waals surface area contributed by atoms with Crippen LogP contribution in [0.5, 0.6) is 0 Å². The third kappa shape index (κ3) is 4.35. The summed E-state index contributed by atoms with van der Waals surface area (Å²) in [7, 11) is 1.78. The number of benzene rings is 1. The minimum atomic E-state index is -0.186. The van der Waals surface area contributed by atoms with Gasteiger partial charge in [0.2, 0.25) is 0 Å². The first-order valence-electron chi connectivity index (χ1n) is 6.47. The molecule has 0 radical (unpaired) electrons. The molecule has 4 heteroatoms. The van der Waals surface area contributed by atoms with Crippen molar-refractivity contribution in [3.05, 3.63) is 35.6 Å². The molecule has 0 atom stereocenters. The molecule has 1 fully saturated rings. The number of guanidine groups is 1. The van der Waals surface area contributed by atoms with Crippen molar-refractivity contribution >= 4 is 5.96 Å². The highest BCUT2D eigenvalue weighted by Gasteiger charge is 2.20. The van der Waals surface area contributed by atoms with Gasteiger partial charge in [-0.3, -0.25) is 4.99 Å². The van der Waals surface area contributed by atoms with E-state index in [2.05, 4.69) is 15.6 Å². The summed E-state index contributed by atoms with van der Waals surface area (Å²) in [5, 5.41) is 6.57. The van der Waals surface area contributed by atoms with Crippen molar-refractivity contribution in [2.24, 2.45) is 10.9 Å². The minimum Gasteiger partial charge on any atom is -0.356 e. The van der Waals surface area contributed by atoms with Crippen LogP contribution in [0.4, 0.5) is 4.39 Å². The van der Waals surface area contributed by atoms with Crippen LogP contribution in [-0.2, 0) is 6.42 Å². The van der Waals surface area contributed by atoms with Gasteiger partial charge in [0.1, 0.15) is 5.82 Å². The third-order valence-electron chi connectivity index (χ3n) is 3.10. The first-order valence-corrected chi connectivity index (χ1v) is 6.47. The summed E-state index contributed by atoms with van der Waals surface area (Å²) in [4.78, 5) is 4.17. The Labute approximate surface area is 108 Å². The maximum absolute atomic E-state index is 12.7. The summed E-state index contributed by atoms with van der Waals surface area (Å²) >= 11 is 0. The highest BCUT2D eigenvalue weighted by Crippen LogP contribution is 2.27. The number of hydrogen-bond acceptors (Lipinski definition) is 1. The SMILES string of the molecule is CN=C(NCCc1ccc(F)cc1)NCC1CC1. The molecule has 0 saturated heterocycles. The molecular weight excluding hydrogens is 229 g/mol. The normalized spacial score (nSPS) is 15.6. The maximum Gasteiger partial charge on any atom is 0.190 e. The lowest BCUT2D eigenvalue weighted by Crippen LogP contribution is -2.39. The van der Waals surface area contributed by atoms with E-state index in [1.54, 1.807) is 7.05 Å². The van der Waals surface area contributed by atoms with Crippen molar-refractivity contribution in [2.45, 2.75) is 19.3 Å². The number of hydrogen-bond donors (Lipinski definition) is 2. The van der Waals surface area contributed by atoms with Crippen molar-refractivity contribution in [1.82, 2.24) is 10.6 Å². The predicted octanol–water partition coefficient (Wildman–Crippen LogP) is 1.94. The van der Waals surface area contributed by atoms with E-state index in [1.165, 1.54) is 25.0 Å². The van der Waals surface area contributed by atoms with Crippen LogP contribution in [0.15, 0.2) is 29.3 Å². The van der Waals surface area contributed by atoms with Gasteiger partial charge in [0, 0.05) is 20.1 Å². The highest BCUT2D eigenvalue weighted by molar-refractivity contribution is 5.79. The summed E-state index contributed by atoms with van der Waals surface area (Å²) in [5.74, 6) is 1.50. The van der Waals surface area contributed by atoms with E-state index in [1.807, 2.05) is 12.1 Å². The smallest absolute Gasteiger partial charge is 0.190 e. The first-order chi connectivity index (χ1) is 8.78. The second-order valence-corrected chi connectivity index (χ2v) is 4.70. The van der Waals surface area contributed by atoms with Crippen LogP contribution >= 0.6 is 0 Å². The van der Waals surface area contributed by atoms with Gasteiger partial charge in [-0.2, -0.15) is 0 Å². The number of halogens is 1. The second-order valence-electron chi connectivity index (χ2n) is 4.70. The fourth-order valence-electron chi connectivity index (χ4n) is 1.76. The molecule has 2 rings (SSSR count). The molecule has 0 heterocycles. The molecule has 2 N–H and O–H groups in total. The fourth-order valence-corrected chi connectivity index (χ4v) is 1.76. The molecule has 18 heavy (non-hydrogen) atoms. The Balaban J connectivity index is 1.67. The average Bonchev–Trinajstić information content (AvgIpc) is 3.20. The molecule has 0 amide bonds. The molecule has 0 aliphatic heterocycles. The Hall–Kier alpha value is -1.58. The molecule has 1 aromatic rings. The third-order valence-corrected chi connectivity index (χ3v) is 3.10. The molecule has 0 spiro atoms. The molecule has 3 nitrogen and oxygen atoms in total. The Morgan fingerprint density at radius 1 is 1.28 bits per heavy atom. The Morgan fingerprint density at radius 2 is 2.00 bits per heavy atom. The Morgan fingerprint density at radius 3 is 2.61 bits per heavy atom. The van der Waals surface area contributed by atoms with Gasteiger partial charge in [0.15, 0.2) is 5.96 Å². The van der Waals surface area contributed by atoms with Crippen molar-refractivity contribution in [3.63, 3.8) is 0 Å².